The molecule has 0 radical (unpaired) electrons. The Morgan fingerprint density at radius 2 is 1.30 bits per heavy atom. The molecule has 0 amide bonds. The van der Waals surface area contributed by atoms with E-state index in [1.807, 2.05) is 12.2 Å². The molecule has 11 nitrogen and oxygen atoms in total. The summed E-state index contributed by atoms with van der Waals surface area (Å²) in [5.41, 5.74) is 0. The number of ketones is 1. The van der Waals surface area contributed by atoms with E-state index in [2.05, 4.69) is 25.3 Å². The number of unbranched alkanes of at least 4 members (excludes halogenated alkanes) is 18. The van der Waals surface area contributed by atoms with Crippen molar-refractivity contribution in [3.63, 3.8) is 0 Å². The second-order valence-corrected chi connectivity index (χ2v) is 17.9. The number of phosphoric ester groups is 1. The van der Waals surface area contributed by atoms with Crippen molar-refractivity contribution < 1.29 is 52.9 Å². The number of rotatable bonds is 37. The van der Waals surface area contributed by atoms with Crippen LogP contribution in [0.2, 0.25) is 0 Å². The molecule has 1 aliphatic rings. The molecule has 0 bridgehead atoms. The van der Waals surface area contributed by atoms with Gasteiger partial charge in [-0.15, -0.1) is 0 Å². The Kier molecular flexibility index (Phi) is 31.6. The number of hydrogen-bond acceptors (Lipinski definition) is 9. The van der Waals surface area contributed by atoms with Crippen LogP contribution in [0.15, 0.2) is 24.3 Å². The van der Waals surface area contributed by atoms with Gasteiger partial charge in [-0.25, -0.2) is 4.57 Å². The minimum Gasteiger partial charge on any atom is -0.462 e. The van der Waals surface area contributed by atoms with Crippen molar-refractivity contribution in [2.45, 2.75) is 212 Å². The third-order valence-electron chi connectivity index (χ3n) is 10.8. The number of esters is 2. The summed E-state index contributed by atoms with van der Waals surface area (Å²) in [4.78, 5) is 55.6. The van der Waals surface area contributed by atoms with Gasteiger partial charge in [-0.3, -0.25) is 18.9 Å². The van der Waals surface area contributed by atoms with Gasteiger partial charge in [-0.1, -0.05) is 167 Å². The molecule has 1 aliphatic carbocycles. The minimum absolute atomic E-state index is 0.0232. The van der Waals surface area contributed by atoms with Crippen LogP contribution in [0.5, 0.6) is 0 Å². The van der Waals surface area contributed by atoms with Crippen LogP contribution in [-0.4, -0.2) is 69.2 Å². The first-order chi connectivity index (χ1) is 27.3. The third-order valence-corrected chi connectivity index (χ3v) is 11.3. The molecule has 332 valence electrons. The van der Waals surface area contributed by atoms with Crippen molar-refractivity contribution in [3.8, 4) is 0 Å². The lowest BCUT2D eigenvalue weighted by molar-refractivity contribution is -0.161. The fourth-order valence-electron chi connectivity index (χ4n) is 7.30. The monoisotopic (exact) mass is 829 g/mol. The molecule has 0 heterocycles. The largest absolute Gasteiger partial charge is 0.469 e. The second-order valence-electron chi connectivity index (χ2n) is 16.6. The highest BCUT2D eigenvalue weighted by Crippen LogP contribution is 2.36. The summed E-state index contributed by atoms with van der Waals surface area (Å²) in [6.45, 7) is 5.72. The van der Waals surface area contributed by atoms with Crippen molar-refractivity contribution in [2.75, 3.05) is 13.2 Å². The maximum absolute atomic E-state index is 12.5. The van der Waals surface area contributed by atoms with Crippen LogP contribution in [0.25, 0.3) is 0 Å². The van der Waals surface area contributed by atoms with Crippen LogP contribution in [0, 0.1) is 17.8 Å². The Morgan fingerprint density at radius 1 is 0.754 bits per heavy atom. The van der Waals surface area contributed by atoms with E-state index in [9.17, 15) is 29.2 Å². The van der Waals surface area contributed by atoms with Crippen LogP contribution in [0.4, 0.5) is 0 Å². The fourth-order valence-corrected chi connectivity index (χ4v) is 7.67. The third kappa shape index (κ3) is 30.8. The number of carbonyl (C=O) groups is 3. The molecule has 1 saturated carbocycles. The maximum Gasteiger partial charge on any atom is 0.469 e. The molecule has 5 atom stereocenters. The summed E-state index contributed by atoms with van der Waals surface area (Å²) in [6.07, 6.45) is 31.3. The van der Waals surface area contributed by atoms with Gasteiger partial charge in [-0.05, 0) is 38.0 Å². The highest BCUT2D eigenvalue weighted by Gasteiger charge is 2.39. The van der Waals surface area contributed by atoms with Crippen molar-refractivity contribution in [1.29, 1.82) is 0 Å². The van der Waals surface area contributed by atoms with Crippen LogP contribution in [0.1, 0.15) is 194 Å². The molecule has 12 heteroatoms. The van der Waals surface area contributed by atoms with E-state index in [0.29, 0.717) is 32.1 Å². The number of carbonyl (C=O) groups excluding carboxylic acids is 3. The number of aliphatic hydroxyl groups is 2. The van der Waals surface area contributed by atoms with E-state index < -0.39 is 50.6 Å². The average molecular weight is 829 g/mol. The maximum atomic E-state index is 12.5. The highest BCUT2D eigenvalue weighted by molar-refractivity contribution is 7.46. The lowest BCUT2D eigenvalue weighted by Gasteiger charge is -2.18. The van der Waals surface area contributed by atoms with Crippen LogP contribution in [-0.2, 0) is 32.9 Å². The van der Waals surface area contributed by atoms with Crippen LogP contribution < -0.4 is 0 Å². The number of ether oxygens (including phenoxy) is 2. The molecule has 0 unspecified atom stereocenters. The van der Waals surface area contributed by atoms with Crippen molar-refractivity contribution in [1.82, 2.24) is 0 Å². The van der Waals surface area contributed by atoms with E-state index >= 15 is 0 Å². The Hall–Kier alpha value is -1.88. The fraction of sp³-hybridized carbons (Fsp3) is 0.844. The predicted molar refractivity (Wildman–Crippen MR) is 226 cm³/mol. The molecule has 1 rings (SSSR count). The Bertz CT molecular complexity index is 1150. The van der Waals surface area contributed by atoms with Gasteiger partial charge in [0.05, 0.1) is 18.8 Å². The van der Waals surface area contributed by atoms with Crippen LogP contribution in [0.3, 0.4) is 0 Å². The molecule has 0 saturated heterocycles. The zero-order valence-corrected chi connectivity index (χ0v) is 36.8. The first kappa shape index (κ1) is 53.1. The minimum atomic E-state index is -4.83. The number of phosphoric acid groups is 1. The standard InChI is InChI=1S/C45H81O11P/c1-4-5-22-28-38(46)32-33-41-40(42(47)34-43(41)48)29-24-20-21-26-31-45(50)56-39(36-55-57(51,52)53)35-54-44(49)30-25-19-17-15-13-11-9-7-6-8-10-12-14-16-18-23-27-37(2)3/h20,24,32-33,37-42,46-47H,4-19,21-23,25-31,34-36H2,1-3H3,(H2,51,52,53)/b24-20-,33-32+/t38-,39+,40+,41+,42-/m0/s1. The summed E-state index contributed by atoms with van der Waals surface area (Å²) in [7, 11) is -4.83. The lowest BCUT2D eigenvalue weighted by Crippen LogP contribution is -2.29. The zero-order valence-electron chi connectivity index (χ0n) is 35.9. The van der Waals surface area contributed by atoms with Gasteiger partial charge in [0.15, 0.2) is 6.10 Å². The first-order valence-corrected chi connectivity index (χ1v) is 24.1. The number of aliphatic hydroxyl groups excluding tert-OH is 2. The van der Waals surface area contributed by atoms with Gasteiger partial charge in [0.25, 0.3) is 0 Å². The molecule has 0 spiro atoms. The Balaban J connectivity index is 2.23. The Labute approximate surface area is 345 Å². The van der Waals surface area contributed by atoms with E-state index in [0.717, 1.165) is 44.4 Å². The molecule has 1 fully saturated rings. The van der Waals surface area contributed by atoms with E-state index in [4.69, 9.17) is 19.3 Å². The normalized spacial score (nSPS) is 18.6. The van der Waals surface area contributed by atoms with Gasteiger partial charge in [0.2, 0.25) is 0 Å². The van der Waals surface area contributed by atoms with E-state index in [-0.39, 0.29) is 37.6 Å². The van der Waals surface area contributed by atoms with Crippen molar-refractivity contribution in [2.24, 2.45) is 17.8 Å². The molecule has 0 aromatic carbocycles. The lowest BCUT2D eigenvalue weighted by atomic mass is 9.90. The van der Waals surface area contributed by atoms with Gasteiger partial charge < -0.3 is 29.5 Å². The molecular weight excluding hydrogens is 747 g/mol. The Morgan fingerprint density at radius 3 is 1.86 bits per heavy atom. The topological polar surface area (TPSA) is 177 Å². The molecular formula is C45H81O11P. The smallest absolute Gasteiger partial charge is 0.462 e. The highest BCUT2D eigenvalue weighted by atomic mass is 31.2. The SMILES string of the molecule is CCCCC[C@H](O)/C=C/[C@H]1C(=O)C[C@H](O)[C@@H]1C/C=C\CCCC(=O)O[C@H](COC(=O)CCCCCCCCCCCCCCCCCCC(C)C)COP(=O)(O)O. The van der Waals surface area contributed by atoms with E-state index in [1.165, 1.54) is 83.5 Å². The summed E-state index contributed by atoms with van der Waals surface area (Å²) in [5, 5.41) is 20.7. The first-order valence-electron chi connectivity index (χ1n) is 22.6. The zero-order chi connectivity index (χ0) is 42.2. The summed E-state index contributed by atoms with van der Waals surface area (Å²) in [5.74, 6) is -1.01. The van der Waals surface area contributed by atoms with Crippen molar-refractivity contribution in [3.05, 3.63) is 24.3 Å². The number of Topliss-reactive ketones (excluding diaryl/α,β-unsaturated/α-hetero) is 1. The van der Waals surface area contributed by atoms with Gasteiger partial charge in [0, 0.05) is 31.1 Å². The van der Waals surface area contributed by atoms with Crippen molar-refractivity contribution >= 4 is 25.5 Å². The van der Waals surface area contributed by atoms with Gasteiger partial charge >= 0.3 is 19.8 Å². The molecule has 0 aromatic heterocycles. The predicted octanol–water partition coefficient (Wildman–Crippen LogP) is 10.4. The summed E-state index contributed by atoms with van der Waals surface area (Å²) in [6, 6.07) is 0. The second kappa shape index (κ2) is 33.9. The average Bonchev–Trinajstić information content (AvgIpc) is 3.42. The number of allylic oxidation sites excluding steroid dienone is 3. The molecule has 0 aliphatic heterocycles. The summed E-state index contributed by atoms with van der Waals surface area (Å²) >= 11 is 0. The van der Waals surface area contributed by atoms with E-state index in [1.54, 1.807) is 12.2 Å². The van der Waals surface area contributed by atoms with Gasteiger partial charge in [0.1, 0.15) is 12.4 Å². The molecule has 4 N–H and O–H groups in total. The quantitative estimate of drug-likeness (QED) is 0.0203. The number of hydrogen-bond donors (Lipinski definition) is 4. The molecule has 0 aromatic rings. The van der Waals surface area contributed by atoms with Gasteiger partial charge in [-0.2, -0.15) is 0 Å². The molecule has 57 heavy (non-hydrogen) atoms. The van der Waals surface area contributed by atoms with Crippen LogP contribution >= 0.6 is 7.82 Å². The summed E-state index contributed by atoms with van der Waals surface area (Å²) < 4.78 is 26.4.